The maximum atomic E-state index is 9.76. The van der Waals surface area contributed by atoms with Gasteiger partial charge in [0.15, 0.2) is 0 Å². The molecule has 0 aromatic heterocycles. The van der Waals surface area contributed by atoms with Crippen molar-refractivity contribution >= 4 is 0 Å². The van der Waals surface area contributed by atoms with Crippen molar-refractivity contribution in [3.63, 3.8) is 0 Å². The monoisotopic (exact) mass is 199 g/mol. The van der Waals surface area contributed by atoms with Crippen LogP contribution in [0.4, 0.5) is 0 Å². The molecule has 1 saturated heterocycles. The normalized spacial score (nSPS) is 31.7. The lowest BCUT2D eigenvalue weighted by molar-refractivity contribution is 0.0530. The van der Waals surface area contributed by atoms with E-state index in [1.165, 1.54) is 19.4 Å². The summed E-state index contributed by atoms with van der Waals surface area (Å²) in [6, 6.07) is 0.665. The third-order valence-electron chi connectivity index (χ3n) is 3.31. The number of hydrogen-bond donors (Lipinski definition) is 1. The van der Waals surface area contributed by atoms with Crippen LogP contribution in [-0.4, -0.2) is 35.2 Å². The van der Waals surface area contributed by atoms with E-state index in [9.17, 15) is 5.11 Å². The van der Waals surface area contributed by atoms with E-state index in [4.69, 9.17) is 0 Å². The van der Waals surface area contributed by atoms with Crippen LogP contribution in [0.2, 0.25) is 0 Å². The van der Waals surface area contributed by atoms with E-state index < -0.39 is 0 Å². The molecule has 3 unspecified atom stereocenters. The van der Waals surface area contributed by atoms with E-state index in [1.807, 2.05) is 0 Å². The van der Waals surface area contributed by atoms with Gasteiger partial charge in [-0.15, -0.1) is 0 Å². The minimum Gasteiger partial charge on any atom is -0.392 e. The van der Waals surface area contributed by atoms with Gasteiger partial charge in [-0.25, -0.2) is 0 Å². The fourth-order valence-corrected chi connectivity index (χ4v) is 2.33. The number of aliphatic hydroxyl groups is 1. The number of nitrogens with zero attached hydrogens (tertiary/aromatic N) is 1. The van der Waals surface area contributed by atoms with Gasteiger partial charge < -0.3 is 5.11 Å². The minimum absolute atomic E-state index is 0.118. The summed E-state index contributed by atoms with van der Waals surface area (Å²) in [4.78, 5) is 2.45. The molecule has 1 aliphatic heterocycles. The minimum atomic E-state index is -0.118. The Morgan fingerprint density at radius 3 is 2.71 bits per heavy atom. The lowest BCUT2D eigenvalue weighted by Gasteiger charge is -2.37. The highest BCUT2D eigenvalue weighted by Gasteiger charge is 2.24. The highest BCUT2D eigenvalue weighted by atomic mass is 16.3. The van der Waals surface area contributed by atoms with Crippen molar-refractivity contribution in [2.75, 3.05) is 13.1 Å². The molecule has 0 bridgehead atoms. The Labute approximate surface area is 88.3 Å². The molecule has 0 spiro atoms. The van der Waals surface area contributed by atoms with Crippen LogP contribution in [0.15, 0.2) is 0 Å². The Morgan fingerprint density at radius 2 is 2.07 bits per heavy atom. The lowest BCUT2D eigenvalue weighted by Crippen LogP contribution is -2.44. The van der Waals surface area contributed by atoms with Crippen LogP contribution in [0.3, 0.4) is 0 Å². The van der Waals surface area contributed by atoms with E-state index in [2.05, 4.69) is 25.7 Å². The smallest absolute Gasteiger partial charge is 0.0667 e. The first-order valence-corrected chi connectivity index (χ1v) is 6.05. The zero-order chi connectivity index (χ0) is 10.6. The van der Waals surface area contributed by atoms with E-state index in [0.717, 1.165) is 25.3 Å². The summed E-state index contributed by atoms with van der Waals surface area (Å²) in [5.74, 6) is 0.806. The van der Waals surface area contributed by atoms with Gasteiger partial charge in [-0.3, -0.25) is 4.90 Å². The van der Waals surface area contributed by atoms with Crippen molar-refractivity contribution in [1.82, 2.24) is 4.90 Å². The third kappa shape index (κ3) is 3.58. The predicted octanol–water partition coefficient (Wildman–Crippen LogP) is 2.27. The van der Waals surface area contributed by atoms with Gasteiger partial charge in [-0.1, -0.05) is 20.3 Å². The van der Waals surface area contributed by atoms with Crippen LogP contribution < -0.4 is 0 Å². The number of hydrogen-bond acceptors (Lipinski definition) is 2. The van der Waals surface area contributed by atoms with Gasteiger partial charge in [0.25, 0.3) is 0 Å². The Hall–Kier alpha value is -0.0800. The zero-order valence-electron chi connectivity index (χ0n) is 9.87. The molecule has 0 aliphatic carbocycles. The van der Waals surface area contributed by atoms with Crippen LogP contribution in [0.1, 0.15) is 46.5 Å². The average Bonchev–Trinajstić information content (AvgIpc) is 2.12. The Morgan fingerprint density at radius 1 is 1.36 bits per heavy atom. The summed E-state index contributed by atoms with van der Waals surface area (Å²) < 4.78 is 0. The summed E-state index contributed by atoms with van der Waals surface area (Å²) >= 11 is 0. The zero-order valence-corrected chi connectivity index (χ0v) is 9.87. The topological polar surface area (TPSA) is 23.5 Å². The molecule has 0 aromatic rings. The second-order valence-electron chi connectivity index (χ2n) is 4.93. The van der Waals surface area contributed by atoms with Crippen molar-refractivity contribution in [2.45, 2.75) is 58.6 Å². The van der Waals surface area contributed by atoms with Gasteiger partial charge in [-0.05, 0) is 32.1 Å². The van der Waals surface area contributed by atoms with Crippen molar-refractivity contribution in [1.29, 1.82) is 0 Å². The average molecular weight is 199 g/mol. The number of aliphatic hydroxyl groups excluding tert-OH is 1. The summed E-state index contributed by atoms with van der Waals surface area (Å²) in [6.07, 6.45) is 4.55. The molecular weight excluding hydrogens is 174 g/mol. The molecule has 2 heteroatoms. The Kier molecular flexibility index (Phi) is 4.90. The van der Waals surface area contributed by atoms with E-state index in [1.54, 1.807) is 0 Å². The molecule has 3 atom stereocenters. The molecule has 84 valence electrons. The number of rotatable bonds is 4. The quantitative estimate of drug-likeness (QED) is 0.751. The van der Waals surface area contributed by atoms with Crippen LogP contribution in [0.25, 0.3) is 0 Å². The second-order valence-corrected chi connectivity index (χ2v) is 4.93. The van der Waals surface area contributed by atoms with E-state index in [-0.39, 0.29) is 6.10 Å². The Bertz CT molecular complexity index is 160. The lowest BCUT2D eigenvalue weighted by atomic mass is 9.94. The number of likely N-dealkylation sites (tertiary alicyclic amines) is 1. The molecule has 0 aromatic carbocycles. The van der Waals surface area contributed by atoms with Crippen molar-refractivity contribution in [3.8, 4) is 0 Å². The van der Waals surface area contributed by atoms with Crippen molar-refractivity contribution in [3.05, 3.63) is 0 Å². The van der Waals surface area contributed by atoms with Crippen LogP contribution >= 0.6 is 0 Å². The van der Waals surface area contributed by atoms with Gasteiger partial charge in [0.05, 0.1) is 6.10 Å². The largest absolute Gasteiger partial charge is 0.392 e. The molecule has 2 nitrogen and oxygen atoms in total. The highest BCUT2D eigenvalue weighted by molar-refractivity contribution is 4.78. The predicted molar refractivity (Wildman–Crippen MR) is 60.3 cm³/mol. The van der Waals surface area contributed by atoms with Gasteiger partial charge >= 0.3 is 0 Å². The maximum absolute atomic E-state index is 9.76. The van der Waals surface area contributed by atoms with Gasteiger partial charge in [0, 0.05) is 19.1 Å². The first-order chi connectivity index (χ1) is 6.63. The van der Waals surface area contributed by atoms with Crippen molar-refractivity contribution < 1.29 is 5.11 Å². The summed E-state index contributed by atoms with van der Waals surface area (Å²) in [5.41, 5.74) is 0. The first kappa shape index (κ1) is 12.0. The molecular formula is C12H25NO. The molecule has 0 saturated carbocycles. The number of β-amino-alcohol motifs (C(OH)–C–C–N with tert-alkyl or cyclic N) is 1. The summed E-state index contributed by atoms with van der Waals surface area (Å²) in [7, 11) is 0. The Balaban J connectivity index is 2.33. The fraction of sp³-hybridized carbons (Fsp3) is 1.00. The molecule has 0 amide bonds. The first-order valence-electron chi connectivity index (χ1n) is 6.05. The van der Waals surface area contributed by atoms with Crippen LogP contribution in [-0.2, 0) is 0 Å². The highest BCUT2D eigenvalue weighted by Crippen LogP contribution is 2.21. The van der Waals surface area contributed by atoms with Crippen molar-refractivity contribution in [2.24, 2.45) is 5.92 Å². The van der Waals surface area contributed by atoms with Gasteiger partial charge in [0.1, 0.15) is 0 Å². The third-order valence-corrected chi connectivity index (χ3v) is 3.31. The standard InChI is InChI=1S/C12H25NO/c1-4-5-12(14)9-13-8-10(2)6-7-11(13)3/h10-12,14H,4-9H2,1-3H3. The van der Waals surface area contributed by atoms with Crippen LogP contribution in [0, 0.1) is 5.92 Å². The molecule has 1 N–H and O–H groups in total. The molecule has 1 heterocycles. The fourth-order valence-electron chi connectivity index (χ4n) is 2.33. The molecule has 1 fully saturated rings. The SMILES string of the molecule is CCCC(O)CN1CC(C)CCC1C. The van der Waals surface area contributed by atoms with Crippen LogP contribution in [0.5, 0.6) is 0 Å². The summed E-state index contributed by atoms with van der Waals surface area (Å²) in [5, 5.41) is 9.76. The van der Waals surface area contributed by atoms with Gasteiger partial charge in [0.2, 0.25) is 0 Å². The molecule has 14 heavy (non-hydrogen) atoms. The van der Waals surface area contributed by atoms with E-state index >= 15 is 0 Å². The number of piperidine rings is 1. The van der Waals surface area contributed by atoms with Gasteiger partial charge in [-0.2, -0.15) is 0 Å². The maximum Gasteiger partial charge on any atom is 0.0667 e. The molecule has 1 rings (SSSR count). The second kappa shape index (κ2) is 5.72. The summed E-state index contributed by atoms with van der Waals surface area (Å²) in [6.45, 7) is 8.77. The van der Waals surface area contributed by atoms with E-state index in [0.29, 0.717) is 6.04 Å². The molecule has 0 radical (unpaired) electrons. The molecule has 1 aliphatic rings.